The van der Waals surface area contributed by atoms with E-state index in [0.717, 1.165) is 25.1 Å². The van der Waals surface area contributed by atoms with Gasteiger partial charge in [-0.2, -0.15) is 0 Å². The van der Waals surface area contributed by atoms with Crippen molar-refractivity contribution in [1.82, 2.24) is 4.90 Å². The van der Waals surface area contributed by atoms with E-state index in [0.29, 0.717) is 5.75 Å². The van der Waals surface area contributed by atoms with E-state index < -0.39 is 0 Å². The first-order valence-corrected chi connectivity index (χ1v) is 5.65. The highest BCUT2D eigenvalue weighted by Crippen LogP contribution is 2.21. The van der Waals surface area contributed by atoms with Crippen LogP contribution in [0.4, 0.5) is 0 Å². The van der Waals surface area contributed by atoms with Crippen molar-refractivity contribution in [2.75, 3.05) is 34.3 Å². The Morgan fingerprint density at radius 3 is 2.76 bits per heavy atom. The highest BCUT2D eigenvalue weighted by atomic mass is 16.5. The van der Waals surface area contributed by atoms with Crippen LogP contribution in [0.1, 0.15) is 12.0 Å². The van der Waals surface area contributed by atoms with Crippen LogP contribution in [-0.4, -0.2) is 50.5 Å². The molecule has 17 heavy (non-hydrogen) atoms. The Bertz CT molecular complexity index is 376. The van der Waals surface area contributed by atoms with Gasteiger partial charge >= 0.3 is 0 Å². The molecule has 0 saturated heterocycles. The Morgan fingerprint density at radius 2 is 2.18 bits per heavy atom. The monoisotopic (exact) mass is 236 g/mol. The number of hydrogen-bond donors (Lipinski definition) is 1. The average molecular weight is 236 g/mol. The number of nitrogens with zero attached hydrogens (tertiary/aromatic N) is 2. The zero-order valence-electron chi connectivity index (χ0n) is 10.7. The molecule has 0 amide bonds. The normalized spacial score (nSPS) is 11.3. The van der Waals surface area contributed by atoms with Gasteiger partial charge in [0.2, 0.25) is 0 Å². The minimum atomic E-state index is 0.195. The number of aliphatic imine (C=N–C) groups is 1. The second kappa shape index (κ2) is 6.91. The molecular formula is C13H20N2O2. The summed E-state index contributed by atoms with van der Waals surface area (Å²) in [5.74, 6) is 0.841. The second-order valence-corrected chi connectivity index (χ2v) is 4.12. The lowest BCUT2D eigenvalue weighted by Gasteiger charge is -2.06. The summed E-state index contributed by atoms with van der Waals surface area (Å²) in [6.45, 7) is 1.79. The highest BCUT2D eigenvalue weighted by molar-refractivity contribution is 5.83. The average Bonchev–Trinajstić information content (AvgIpc) is 2.30. The van der Waals surface area contributed by atoms with Gasteiger partial charge < -0.3 is 14.7 Å². The summed E-state index contributed by atoms with van der Waals surface area (Å²) in [6, 6.07) is 5.19. The number of hydrogen-bond acceptors (Lipinski definition) is 4. The molecule has 0 spiro atoms. The first-order chi connectivity index (χ1) is 8.13. The predicted octanol–water partition coefficient (Wildman–Crippen LogP) is 1.77. The van der Waals surface area contributed by atoms with Gasteiger partial charge in [-0.1, -0.05) is 0 Å². The third-order valence-corrected chi connectivity index (χ3v) is 2.36. The quantitative estimate of drug-likeness (QED) is 0.605. The van der Waals surface area contributed by atoms with Crippen LogP contribution in [0.25, 0.3) is 0 Å². The van der Waals surface area contributed by atoms with E-state index >= 15 is 0 Å². The van der Waals surface area contributed by atoms with Crippen molar-refractivity contribution in [3.63, 3.8) is 0 Å². The number of aromatic hydroxyl groups is 1. The lowest BCUT2D eigenvalue weighted by Crippen LogP contribution is -2.13. The fraction of sp³-hybridized carbons (Fsp3) is 0.462. The summed E-state index contributed by atoms with van der Waals surface area (Å²) in [4.78, 5) is 6.40. The highest BCUT2D eigenvalue weighted by Gasteiger charge is 1.99. The van der Waals surface area contributed by atoms with Gasteiger partial charge in [0.25, 0.3) is 0 Å². The van der Waals surface area contributed by atoms with E-state index in [1.807, 2.05) is 14.1 Å². The van der Waals surface area contributed by atoms with Crippen molar-refractivity contribution in [1.29, 1.82) is 0 Å². The summed E-state index contributed by atoms with van der Waals surface area (Å²) in [5.41, 5.74) is 0.718. The second-order valence-electron chi connectivity index (χ2n) is 4.12. The molecule has 0 aliphatic heterocycles. The van der Waals surface area contributed by atoms with Crippen LogP contribution in [0, 0.1) is 0 Å². The standard InChI is InChI=1S/C13H20N2O2/c1-15(2)8-4-7-14-10-11-5-6-12(17-3)9-13(11)16/h5-6,9-10,16H,4,7-8H2,1-3H3. The van der Waals surface area contributed by atoms with Crippen LogP contribution in [0.2, 0.25) is 0 Å². The maximum absolute atomic E-state index is 9.69. The third kappa shape index (κ3) is 4.87. The zero-order valence-corrected chi connectivity index (χ0v) is 10.7. The maximum Gasteiger partial charge on any atom is 0.128 e. The summed E-state index contributed by atoms with van der Waals surface area (Å²) in [6.07, 6.45) is 2.71. The molecule has 0 heterocycles. The Kier molecular flexibility index (Phi) is 5.49. The number of ether oxygens (including phenoxy) is 1. The smallest absolute Gasteiger partial charge is 0.128 e. The Hall–Kier alpha value is -1.55. The number of methoxy groups -OCH3 is 1. The van der Waals surface area contributed by atoms with Crippen LogP contribution in [-0.2, 0) is 0 Å². The minimum Gasteiger partial charge on any atom is -0.507 e. The molecule has 0 unspecified atom stereocenters. The summed E-state index contributed by atoms with van der Waals surface area (Å²) in [5, 5.41) is 9.69. The first-order valence-electron chi connectivity index (χ1n) is 5.65. The molecule has 0 saturated carbocycles. The van der Waals surface area contributed by atoms with Gasteiger partial charge in [-0.25, -0.2) is 0 Å². The van der Waals surface area contributed by atoms with Gasteiger partial charge in [0.1, 0.15) is 11.5 Å². The molecule has 0 aliphatic carbocycles. The fourth-order valence-corrected chi connectivity index (χ4v) is 1.40. The molecule has 0 radical (unpaired) electrons. The van der Waals surface area contributed by atoms with E-state index in [4.69, 9.17) is 4.74 Å². The molecule has 0 aromatic heterocycles. The van der Waals surface area contributed by atoms with Crippen molar-refractivity contribution in [3.8, 4) is 11.5 Å². The molecule has 0 aliphatic rings. The van der Waals surface area contributed by atoms with Crippen molar-refractivity contribution >= 4 is 6.21 Å². The van der Waals surface area contributed by atoms with Gasteiger partial charge in [-0.3, -0.25) is 4.99 Å². The number of phenolic OH excluding ortho intramolecular Hbond substituents is 1. The Balaban J connectivity index is 2.48. The molecule has 0 atom stereocenters. The van der Waals surface area contributed by atoms with Gasteiger partial charge in [0.05, 0.1) is 7.11 Å². The van der Waals surface area contributed by atoms with Gasteiger partial charge in [-0.15, -0.1) is 0 Å². The van der Waals surface area contributed by atoms with E-state index in [1.165, 1.54) is 0 Å². The lowest BCUT2D eigenvalue weighted by molar-refractivity contribution is 0.403. The van der Waals surface area contributed by atoms with Gasteiger partial charge in [0, 0.05) is 24.4 Å². The van der Waals surface area contributed by atoms with Crippen molar-refractivity contribution in [2.45, 2.75) is 6.42 Å². The van der Waals surface area contributed by atoms with Crippen molar-refractivity contribution in [3.05, 3.63) is 23.8 Å². The van der Waals surface area contributed by atoms with E-state index in [1.54, 1.807) is 31.5 Å². The SMILES string of the molecule is COc1ccc(C=NCCCN(C)C)c(O)c1. The lowest BCUT2D eigenvalue weighted by atomic mass is 10.2. The topological polar surface area (TPSA) is 45.1 Å². The van der Waals surface area contributed by atoms with Gasteiger partial charge in [-0.05, 0) is 39.2 Å². The molecule has 1 aromatic carbocycles. The Labute approximate surface area is 103 Å². The number of rotatable bonds is 6. The maximum atomic E-state index is 9.69. The minimum absolute atomic E-state index is 0.195. The fourth-order valence-electron chi connectivity index (χ4n) is 1.40. The molecule has 0 fully saturated rings. The molecular weight excluding hydrogens is 216 g/mol. The van der Waals surface area contributed by atoms with Crippen molar-refractivity contribution < 1.29 is 9.84 Å². The molecule has 1 N–H and O–H groups in total. The van der Waals surface area contributed by atoms with Crippen molar-refractivity contribution in [2.24, 2.45) is 4.99 Å². The molecule has 1 aromatic rings. The van der Waals surface area contributed by atoms with Gasteiger partial charge in [0.15, 0.2) is 0 Å². The van der Waals surface area contributed by atoms with E-state index in [-0.39, 0.29) is 5.75 Å². The summed E-state index contributed by atoms with van der Waals surface area (Å²) in [7, 11) is 5.65. The molecule has 1 rings (SSSR count). The molecule has 4 heteroatoms. The Morgan fingerprint density at radius 1 is 1.41 bits per heavy atom. The summed E-state index contributed by atoms with van der Waals surface area (Å²) < 4.78 is 5.01. The van der Waals surface area contributed by atoms with Crippen LogP contribution in [0.15, 0.2) is 23.2 Å². The van der Waals surface area contributed by atoms with E-state index in [9.17, 15) is 5.11 Å². The summed E-state index contributed by atoms with van der Waals surface area (Å²) >= 11 is 0. The van der Waals surface area contributed by atoms with E-state index in [2.05, 4.69) is 9.89 Å². The third-order valence-electron chi connectivity index (χ3n) is 2.36. The zero-order chi connectivity index (χ0) is 12.7. The van der Waals surface area contributed by atoms with Crippen LogP contribution >= 0.6 is 0 Å². The van der Waals surface area contributed by atoms with Crippen LogP contribution < -0.4 is 4.74 Å². The van der Waals surface area contributed by atoms with Crippen LogP contribution in [0.3, 0.4) is 0 Å². The predicted molar refractivity (Wildman–Crippen MR) is 70.3 cm³/mol. The largest absolute Gasteiger partial charge is 0.507 e. The first kappa shape index (κ1) is 13.5. The molecule has 94 valence electrons. The number of phenols is 1. The molecule has 0 bridgehead atoms. The number of benzene rings is 1. The van der Waals surface area contributed by atoms with Crippen LogP contribution in [0.5, 0.6) is 11.5 Å². The molecule has 4 nitrogen and oxygen atoms in total.